The molecule has 0 bridgehead atoms. The Morgan fingerprint density at radius 1 is 1.54 bits per heavy atom. The number of nitrogens with zero attached hydrogens (tertiary/aromatic N) is 1. The second-order valence-corrected chi connectivity index (χ2v) is 3.19. The van der Waals surface area contributed by atoms with Crippen molar-refractivity contribution in [2.75, 3.05) is 0 Å². The molecular weight excluding hydrogens is 167 g/mol. The van der Waals surface area contributed by atoms with Crippen molar-refractivity contribution in [3.63, 3.8) is 0 Å². The summed E-state index contributed by atoms with van der Waals surface area (Å²) in [6.45, 7) is 2.11. The van der Waals surface area contributed by atoms with Crippen molar-refractivity contribution >= 4 is 0 Å². The molecule has 0 amide bonds. The third-order valence-electron chi connectivity index (χ3n) is 2.02. The first-order valence-electron chi connectivity index (χ1n) is 4.60. The lowest BCUT2D eigenvalue weighted by atomic mass is 10.0. The van der Waals surface area contributed by atoms with E-state index >= 15 is 0 Å². The second-order valence-electron chi connectivity index (χ2n) is 3.19. The number of halogens is 1. The fourth-order valence-electron chi connectivity index (χ4n) is 1.22. The minimum absolute atomic E-state index is 0.0804. The van der Waals surface area contributed by atoms with Crippen LogP contribution in [-0.4, -0.2) is 4.98 Å². The van der Waals surface area contributed by atoms with Crippen molar-refractivity contribution < 1.29 is 4.39 Å². The molecule has 1 aromatic rings. The second kappa shape index (κ2) is 4.92. The summed E-state index contributed by atoms with van der Waals surface area (Å²) in [5.74, 6) is -0.315. The Balaban J connectivity index is 2.60. The molecule has 0 aliphatic rings. The van der Waals surface area contributed by atoms with Crippen molar-refractivity contribution in [2.24, 2.45) is 5.73 Å². The minimum Gasteiger partial charge on any atom is -0.324 e. The first kappa shape index (κ1) is 10.1. The van der Waals surface area contributed by atoms with Gasteiger partial charge >= 0.3 is 0 Å². The Hall–Kier alpha value is -0.960. The molecule has 1 rings (SSSR count). The smallest absolute Gasteiger partial charge is 0.141 e. The highest BCUT2D eigenvalue weighted by molar-refractivity contribution is 5.14. The monoisotopic (exact) mass is 182 g/mol. The van der Waals surface area contributed by atoms with Gasteiger partial charge in [0.05, 0.1) is 6.20 Å². The number of rotatable bonds is 4. The van der Waals surface area contributed by atoms with E-state index in [-0.39, 0.29) is 11.9 Å². The van der Waals surface area contributed by atoms with Crippen molar-refractivity contribution in [3.8, 4) is 0 Å². The van der Waals surface area contributed by atoms with Gasteiger partial charge in [-0.25, -0.2) is 4.39 Å². The zero-order chi connectivity index (χ0) is 9.68. The maximum absolute atomic E-state index is 12.7. The molecule has 0 aliphatic heterocycles. The van der Waals surface area contributed by atoms with Gasteiger partial charge in [0.1, 0.15) is 5.82 Å². The average Bonchev–Trinajstić information content (AvgIpc) is 2.14. The average molecular weight is 182 g/mol. The highest BCUT2D eigenvalue weighted by Gasteiger charge is 2.05. The van der Waals surface area contributed by atoms with Gasteiger partial charge in [-0.3, -0.25) is 4.98 Å². The van der Waals surface area contributed by atoms with Crippen molar-refractivity contribution in [1.29, 1.82) is 0 Å². The van der Waals surface area contributed by atoms with Crippen LogP contribution >= 0.6 is 0 Å². The lowest BCUT2D eigenvalue weighted by molar-refractivity contribution is 0.583. The quantitative estimate of drug-likeness (QED) is 0.776. The van der Waals surface area contributed by atoms with E-state index in [9.17, 15) is 4.39 Å². The summed E-state index contributed by atoms with van der Waals surface area (Å²) in [6.07, 6.45) is 5.88. The molecule has 2 N–H and O–H groups in total. The summed E-state index contributed by atoms with van der Waals surface area (Å²) in [5.41, 5.74) is 6.63. The molecule has 0 saturated heterocycles. The van der Waals surface area contributed by atoms with Crippen LogP contribution < -0.4 is 5.73 Å². The Bertz CT molecular complexity index is 263. The molecule has 1 unspecified atom stereocenters. The molecule has 0 aliphatic carbocycles. The fraction of sp³-hybridized carbons (Fsp3) is 0.500. The van der Waals surface area contributed by atoms with Crippen LogP contribution in [0.4, 0.5) is 4.39 Å². The summed E-state index contributed by atoms with van der Waals surface area (Å²) < 4.78 is 12.7. The van der Waals surface area contributed by atoms with E-state index in [1.165, 1.54) is 12.3 Å². The largest absolute Gasteiger partial charge is 0.324 e. The van der Waals surface area contributed by atoms with E-state index in [4.69, 9.17) is 5.73 Å². The molecule has 3 heteroatoms. The topological polar surface area (TPSA) is 38.9 Å². The SMILES string of the molecule is CCCCC(N)c1cncc(F)c1. The third-order valence-corrected chi connectivity index (χ3v) is 2.02. The van der Waals surface area contributed by atoms with Crippen LogP contribution in [0.25, 0.3) is 0 Å². The molecule has 72 valence electrons. The Morgan fingerprint density at radius 2 is 2.31 bits per heavy atom. The molecule has 0 spiro atoms. The van der Waals surface area contributed by atoms with Gasteiger partial charge in [0.25, 0.3) is 0 Å². The Labute approximate surface area is 78.0 Å². The first-order valence-corrected chi connectivity index (χ1v) is 4.60. The maximum atomic E-state index is 12.7. The third kappa shape index (κ3) is 3.11. The molecule has 1 atom stereocenters. The lowest BCUT2D eigenvalue weighted by Gasteiger charge is -2.10. The minimum atomic E-state index is -0.315. The zero-order valence-corrected chi connectivity index (χ0v) is 7.83. The highest BCUT2D eigenvalue weighted by atomic mass is 19.1. The maximum Gasteiger partial charge on any atom is 0.141 e. The standard InChI is InChI=1S/C10H15FN2/c1-2-3-4-10(12)8-5-9(11)7-13-6-8/h5-7,10H,2-4,12H2,1H3. The number of pyridine rings is 1. The fourth-order valence-corrected chi connectivity index (χ4v) is 1.22. The summed E-state index contributed by atoms with van der Waals surface area (Å²) in [6, 6.07) is 1.37. The molecule has 13 heavy (non-hydrogen) atoms. The van der Waals surface area contributed by atoms with E-state index in [0.717, 1.165) is 24.8 Å². The molecule has 0 aromatic carbocycles. The Morgan fingerprint density at radius 3 is 2.92 bits per heavy atom. The van der Waals surface area contributed by atoms with Crippen molar-refractivity contribution in [3.05, 3.63) is 29.8 Å². The molecular formula is C10H15FN2. The van der Waals surface area contributed by atoms with Gasteiger partial charge in [-0.15, -0.1) is 0 Å². The van der Waals surface area contributed by atoms with Gasteiger partial charge in [0.15, 0.2) is 0 Å². The summed E-state index contributed by atoms with van der Waals surface area (Å²) in [7, 11) is 0. The van der Waals surface area contributed by atoms with Crippen LogP contribution in [0, 0.1) is 5.82 Å². The molecule has 0 fully saturated rings. The van der Waals surface area contributed by atoms with Crippen LogP contribution in [0.3, 0.4) is 0 Å². The van der Waals surface area contributed by atoms with E-state index < -0.39 is 0 Å². The van der Waals surface area contributed by atoms with Crippen LogP contribution in [0.15, 0.2) is 18.5 Å². The van der Waals surface area contributed by atoms with Crippen LogP contribution in [0.1, 0.15) is 37.8 Å². The normalized spacial score (nSPS) is 12.8. The van der Waals surface area contributed by atoms with E-state index in [2.05, 4.69) is 11.9 Å². The van der Waals surface area contributed by atoms with Crippen molar-refractivity contribution in [1.82, 2.24) is 4.98 Å². The molecule has 0 radical (unpaired) electrons. The number of hydrogen-bond acceptors (Lipinski definition) is 2. The Kier molecular flexibility index (Phi) is 3.83. The first-order chi connectivity index (χ1) is 6.24. The van der Waals surface area contributed by atoms with E-state index in [1.54, 1.807) is 6.20 Å². The number of aromatic nitrogens is 1. The van der Waals surface area contributed by atoms with Gasteiger partial charge < -0.3 is 5.73 Å². The molecule has 0 saturated carbocycles. The number of unbranched alkanes of at least 4 members (excludes halogenated alkanes) is 1. The van der Waals surface area contributed by atoms with E-state index in [1.807, 2.05) is 0 Å². The molecule has 1 heterocycles. The van der Waals surface area contributed by atoms with Crippen LogP contribution in [0.5, 0.6) is 0 Å². The predicted molar refractivity (Wildman–Crippen MR) is 50.6 cm³/mol. The summed E-state index contributed by atoms with van der Waals surface area (Å²) in [4.78, 5) is 3.76. The lowest BCUT2D eigenvalue weighted by Crippen LogP contribution is -2.10. The number of hydrogen-bond donors (Lipinski definition) is 1. The van der Waals surface area contributed by atoms with Crippen molar-refractivity contribution in [2.45, 2.75) is 32.2 Å². The van der Waals surface area contributed by atoms with Gasteiger partial charge in [-0.2, -0.15) is 0 Å². The van der Waals surface area contributed by atoms with Gasteiger partial charge in [-0.05, 0) is 18.1 Å². The predicted octanol–water partition coefficient (Wildman–Crippen LogP) is 2.41. The summed E-state index contributed by atoms with van der Waals surface area (Å²) >= 11 is 0. The van der Waals surface area contributed by atoms with Gasteiger partial charge in [-0.1, -0.05) is 19.8 Å². The molecule has 1 aromatic heterocycles. The highest BCUT2D eigenvalue weighted by Crippen LogP contribution is 2.15. The van der Waals surface area contributed by atoms with E-state index in [0.29, 0.717) is 0 Å². The van der Waals surface area contributed by atoms with Gasteiger partial charge in [0.2, 0.25) is 0 Å². The van der Waals surface area contributed by atoms with Crippen LogP contribution in [0.2, 0.25) is 0 Å². The zero-order valence-electron chi connectivity index (χ0n) is 7.83. The number of nitrogens with two attached hydrogens (primary N) is 1. The van der Waals surface area contributed by atoms with Gasteiger partial charge in [0, 0.05) is 12.2 Å². The summed E-state index contributed by atoms with van der Waals surface area (Å²) in [5, 5.41) is 0. The van der Waals surface area contributed by atoms with Crippen LogP contribution in [-0.2, 0) is 0 Å². The molecule has 2 nitrogen and oxygen atoms in total.